The highest BCUT2D eigenvalue weighted by Gasteiger charge is 2.22. The molecule has 2 aromatic rings. The molecule has 2 heterocycles. The number of nitrogens with one attached hydrogen (secondary N) is 2. The Kier molecular flexibility index (Phi) is 10.6. The van der Waals surface area contributed by atoms with Crippen molar-refractivity contribution in [3.63, 3.8) is 0 Å². The van der Waals surface area contributed by atoms with Crippen molar-refractivity contribution in [1.29, 1.82) is 0 Å². The molecule has 1 aliphatic rings. The average molecular weight is 524 g/mol. The van der Waals surface area contributed by atoms with Gasteiger partial charge in [-0.15, -0.1) is 24.0 Å². The lowest BCUT2D eigenvalue weighted by Gasteiger charge is -2.17. The Morgan fingerprint density at radius 3 is 2.67 bits per heavy atom. The third-order valence-corrected chi connectivity index (χ3v) is 5.65. The van der Waals surface area contributed by atoms with E-state index in [-0.39, 0.29) is 24.0 Å². The molecule has 1 unspecified atom stereocenters. The molecule has 166 valence electrons. The van der Waals surface area contributed by atoms with Crippen LogP contribution in [0, 0.1) is 19.8 Å². The second-order valence-corrected chi connectivity index (χ2v) is 8.07. The Balaban J connectivity index is 0.00000320. The lowest BCUT2D eigenvalue weighted by Crippen LogP contribution is -2.40. The van der Waals surface area contributed by atoms with Crippen molar-refractivity contribution in [2.45, 2.75) is 39.7 Å². The van der Waals surface area contributed by atoms with E-state index in [9.17, 15) is 0 Å². The number of aliphatic imine (C=N–C) groups is 1. The molecule has 0 radical (unpaired) electrons. The van der Waals surface area contributed by atoms with Crippen LogP contribution in [0.4, 0.5) is 0 Å². The molecule has 1 aromatic carbocycles. The number of benzene rings is 1. The minimum atomic E-state index is 0. The van der Waals surface area contributed by atoms with Crippen LogP contribution in [0.15, 0.2) is 41.4 Å². The van der Waals surface area contributed by atoms with Crippen molar-refractivity contribution in [3.8, 4) is 0 Å². The van der Waals surface area contributed by atoms with Gasteiger partial charge >= 0.3 is 0 Å². The van der Waals surface area contributed by atoms with Crippen molar-refractivity contribution in [3.05, 3.63) is 53.3 Å². The number of nitrogens with zero attached hydrogens (tertiary/aromatic N) is 4. The van der Waals surface area contributed by atoms with E-state index < -0.39 is 0 Å². The maximum atomic E-state index is 4.52. The van der Waals surface area contributed by atoms with Crippen LogP contribution in [-0.4, -0.2) is 60.4 Å². The summed E-state index contributed by atoms with van der Waals surface area (Å²) in [5, 5.41) is 11.5. The lowest BCUT2D eigenvalue weighted by atomic mass is 10.1. The van der Waals surface area contributed by atoms with E-state index >= 15 is 0 Å². The van der Waals surface area contributed by atoms with Crippen LogP contribution in [0.2, 0.25) is 0 Å². The second kappa shape index (κ2) is 12.9. The number of hydrogen-bond acceptors (Lipinski definition) is 3. The van der Waals surface area contributed by atoms with E-state index in [0.29, 0.717) is 5.92 Å². The van der Waals surface area contributed by atoms with Crippen molar-refractivity contribution in [2.75, 3.05) is 39.8 Å². The number of halogens is 1. The number of hydrogen-bond donors (Lipinski definition) is 2. The minimum Gasteiger partial charge on any atom is -0.356 e. The van der Waals surface area contributed by atoms with Gasteiger partial charge in [0.15, 0.2) is 5.96 Å². The largest absolute Gasteiger partial charge is 0.356 e. The zero-order valence-corrected chi connectivity index (χ0v) is 20.9. The fourth-order valence-electron chi connectivity index (χ4n) is 4.01. The molecule has 0 bridgehead atoms. The summed E-state index contributed by atoms with van der Waals surface area (Å²) in [5.41, 5.74) is 3.74. The zero-order valence-electron chi connectivity index (χ0n) is 18.6. The molecular weight excluding hydrogens is 487 g/mol. The standard InChI is InChI=1S/C23H36N6.HI/c1-19-16-20(2)29(27-19)13-7-12-25-23(24-3)26-17-22-11-15-28(18-22)14-10-21-8-5-4-6-9-21;/h4-6,8-9,16,22H,7,10-15,17-18H2,1-3H3,(H2,24,25,26);1H. The Hall–Kier alpha value is -1.61. The van der Waals surface area contributed by atoms with Crippen LogP contribution in [0.3, 0.4) is 0 Å². The summed E-state index contributed by atoms with van der Waals surface area (Å²) in [6.45, 7) is 10.5. The Bertz CT molecular complexity index is 773. The minimum absolute atomic E-state index is 0. The molecule has 1 atom stereocenters. The van der Waals surface area contributed by atoms with Crippen molar-refractivity contribution in [1.82, 2.24) is 25.3 Å². The first-order valence-electron chi connectivity index (χ1n) is 10.9. The first-order valence-corrected chi connectivity index (χ1v) is 10.9. The Labute approximate surface area is 198 Å². The first kappa shape index (κ1) is 24.7. The van der Waals surface area contributed by atoms with E-state index in [1.165, 1.54) is 30.8 Å². The van der Waals surface area contributed by atoms with Gasteiger partial charge in [-0.1, -0.05) is 30.3 Å². The number of guanidine groups is 1. The highest BCUT2D eigenvalue weighted by atomic mass is 127. The van der Waals surface area contributed by atoms with E-state index in [1.807, 2.05) is 14.0 Å². The molecule has 2 N–H and O–H groups in total. The SMILES string of the molecule is CN=C(NCCCn1nc(C)cc1C)NCC1CCN(CCc2ccccc2)C1.I. The fourth-order valence-corrected chi connectivity index (χ4v) is 4.01. The molecule has 0 amide bonds. The molecule has 7 heteroatoms. The van der Waals surface area contributed by atoms with Crippen LogP contribution < -0.4 is 10.6 Å². The molecule has 1 aromatic heterocycles. The van der Waals surface area contributed by atoms with Gasteiger partial charge in [-0.3, -0.25) is 9.67 Å². The third-order valence-electron chi connectivity index (χ3n) is 5.65. The zero-order chi connectivity index (χ0) is 20.5. The van der Waals surface area contributed by atoms with Crippen molar-refractivity contribution >= 4 is 29.9 Å². The second-order valence-electron chi connectivity index (χ2n) is 8.07. The molecule has 0 saturated carbocycles. The number of rotatable bonds is 9. The monoisotopic (exact) mass is 524 g/mol. The van der Waals surface area contributed by atoms with Gasteiger partial charge < -0.3 is 15.5 Å². The van der Waals surface area contributed by atoms with Gasteiger partial charge in [-0.05, 0) is 57.2 Å². The average Bonchev–Trinajstić information content (AvgIpc) is 3.32. The van der Waals surface area contributed by atoms with E-state index in [1.54, 1.807) is 0 Å². The van der Waals surface area contributed by atoms with Gasteiger partial charge in [-0.2, -0.15) is 5.10 Å². The summed E-state index contributed by atoms with van der Waals surface area (Å²) < 4.78 is 2.08. The van der Waals surface area contributed by atoms with Crippen molar-refractivity contribution < 1.29 is 0 Å². The van der Waals surface area contributed by atoms with Gasteiger partial charge in [0, 0.05) is 45.5 Å². The topological polar surface area (TPSA) is 57.5 Å². The highest BCUT2D eigenvalue weighted by molar-refractivity contribution is 14.0. The number of aryl methyl sites for hydroxylation is 3. The molecule has 1 aliphatic heterocycles. The van der Waals surface area contributed by atoms with Gasteiger partial charge in [-0.25, -0.2) is 0 Å². The molecule has 30 heavy (non-hydrogen) atoms. The summed E-state index contributed by atoms with van der Waals surface area (Å²) in [6, 6.07) is 12.9. The summed E-state index contributed by atoms with van der Waals surface area (Å²) >= 11 is 0. The maximum Gasteiger partial charge on any atom is 0.190 e. The summed E-state index contributed by atoms with van der Waals surface area (Å²) in [7, 11) is 1.84. The molecule has 1 fully saturated rings. The van der Waals surface area contributed by atoms with E-state index in [0.717, 1.165) is 50.7 Å². The predicted molar refractivity (Wildman–Crippen MR) is 136 cm³/mol. The highest BCUT2D eigenvalue weighted by Crippen LogP contribution is 2.16. The van der Waals surface area contributed by atoms with Gasteiger partial charge in [0.05, 0.1) is 5.69 Å². The van der Waals surface area contributed by atoms with Crippen molar-refractivity contribution in [2.24, 2.45) is 10.9 Å². The van der Waals surface area contributed by atoms with Gasteiger partial charge in [0.1, 0.15) is 0 Å². The molecule has 3 rings (SSSR count). The third kappa shape index (κ3) is 7.91. The first-order chi connectivity index (χ1) is 14.1. The summed E-state index contributed by atoms with van der Waals surface area (Å²) in [4.78, 5) is 6.96. The summed E-state index contributed by atoms with van der Waals surface area (Å²) in [6.07, 6.45) is 3.43. The fraction of sp³-hybridized carbons (Fsp3) is 0.565. The van der Waals surface area contributed by atoms with Crippen LogP contribution in [0.25, 0.3) is 0 Å². The Morgan fingerprint density at radius 1 is 1.17 bits per heavy atom. The molecular formula is C23H37IN6. The Morgan fingerprint density at radius 2 is 1.97 bits per heavy atom. The van der Waals surface area contributed by atoms with Crippen LogP contribution >= 0.6 is 24.0 Å². The van der Waals surface area contributed by atoms with E-state index in [2.05, 4.69) is 73.6 Å². The normalized spacial score (nSPS) is 17.0. The van der Waals surface area contributed by atoms with E-state index in [4.69, 9.17) is 0 Å². The van der Waals surface area contributed by atoms with Crippen LogP contribution in [-0.2, 0) is 13.0 Å². The quantitative estimate of drug-likeness (QED) is 0.229. The molecule has 0 spiro atoms. The molecule has 1 saturated heterocycles. The van der Waals surface area contributed by atoms with Gasteiger partial charge in [0.25, 0.3) is 0 Å². The molecule has 6 nitrogen and oxygen atoms in total. The summed E-state index contributed by atoms with van der Waals surface area (Å²) in [5.74, 6) is 1.60. The number of likely N-dealkylation sites (tertiary alicyclic amines) is 1. The predicted octanol–water partition coefficient (Wildman–Crippen LogP) is 3.24. The lowest BCUT2D eigenvalue weighted by molar-refractivity contribution is 0.328. The maximum absolute atomic E-state index is 4.52. The molecule has 0 aliphatic carbocycles. The van der Waals surface area contributed by atoms with Crippen LogP contribution in [0.5, 0.6) is 0 Å². The number of aromatic nitrogens is 2. The van der Waals surface area contributed by atoms with Crippen LogP contribution in [0.1, 0.15) is 29.8 Å². The van der Waals surface area contributed by atoms with Gasteiger partial charge in [0.2, 0.25) is 0 Å². The smallest absolute Gasteiger partial charge is 0.190 e.